The number of hydrogen-bond acceptors (Lipinski definition) is 9. The zero-order valence-electron chi connectivity index (χ0n) is 24.3. The fourth-order valence-electron chi connectivity index (χ4n) is 5.87. The maximum Gasteiger partial charge on any atom is 0.259 e. The highest BCUT2D eigenvalue weighted by molar-refractivity contribution is 9.10. The first-order valence-electron chi connectivity index (χ1n) is 13.9. The first-order valence-corrected chi connectivity index (χ1v) is 15.1. The lowest BCUT2D eigenvalue weighted by Gasteiger charge is -2.45. The Balaban J connectivity index is 1.56. The zero-order valence-corrected chi connectivity index (χ0v) is 26.7. The van der Waals surface area contributed by atoms with Gasteiger partial charge in [0.25, 0.3) is 5.91 Å². The zero-order chi connectivity index (χ0) is 32.7. The Morgan fingerprint density at radius 3 is 2.44 bits per heavy atom. The van der Waals surface area contributed by atoms with Crippen molar-refractivity contribution in [2.75, 3.05) is 31.7 Å². The van der Waals surface area contributed by atoms with Crippen molar-refractivity contribution in [2.24, 2.45) is 0 Å². The van der Waals surface area contributed by atoms with Crippen LogP contribution in [0.25, 0.3) is 11.3 Å². The fraction of sp³-hybridized carbons (Fsp3) is 0.448. The van der Waals surface area contributed by atoms with Crippen LogP contribution in [0.2, 0.25) is 5.02 Å². The highest BCUT2D eigenvalue weighted by Gasteiger charge is 2.52. The standard InChI is InChI=1S/C29H31BrClF2N5O7/c1-13-4-16(30)8-17(5-13)38(21-10-36(14(2)40)11-22(21)41)29(43)28-27(44-3)25(26(42)23(12-39)45-28)37-9-20(34-35-37)15-6-18(32)24(31)19(33)7-15/h4-9,21-23,25-28,39,41-42H,10-12H2,1-3H3/t21-,22-,23?,25?,26?,27?,28?/m1/s1. The summed E-state index contributed by atoms with van der Waals surface area (Å²) in [7, 11) is 1.30. The van der Waals surface area contributed by atoms with Gasteiger partial charge in [-0.2, -0.15) is 0 Å². The van der Waals surface area contributed by atoms with E-state index in [9.17, 15) is 33.7 Å². The second-order valence-electron chi connectivity index (χ2n) is 11.1. The molecular formula is C29H31BrClF2N5O7. The SMILES string of the molecule is COC1C(C(=O)N(c2cc(C)cc(Br)c2)[C@@H]2CN(C(C)=O)C[C@H]2O)OC(CO)C(O)C1n1cc(-c2cc(F)c(Cl)c(F)c2)nn1. The number of methoxy groups -OCH3 is 1. The average molecular weight is 715 g/mol. The van der Waals surface area contributed by atoms with E-state index >= 15 is 0 Å². The van der Waals surface area contributed by atoms with Gasteiger partial charge in [-0.25, -0.2) is 13.5 Å². The summed E-state index contributed by atoms with van der Waals surface area (Å²) in [6.07, 6.45) is -5.25. The average Bonchev–Trinajstić information content (AvgIpc) is 3.62. The molecule has 1 aromatic heterocycles. The van der Waals surface area contributed by atoms with Crippen LogP contribution in [0.1, 0.15) is 18.5 Å². The third-order valence-corrected chi connectivity index (χ3v) is 8.88. The molecule has 2 aromatic carbocycles. The molecule has 0 spiro atoms. The van der Waals surface area contributed by atoms with Crippen molar-refractivity contribution in [3.8, 4) is 11.3 Å². The molecule has 242 valence electrons. The van der Waals surface area contributed by atoms with E-state index in [4.69, 9.17) is 21.1 Å². The van der Waals surface area contributed by atoms with Gasteiger partial charge in [-0.3, -0.25) is 9.59 Å². The van der Waals surface area contributed by atoms with Crippen molar-refractivity contribution in [2.45, 2.75) is 56.5 Å². The van der Waals surface area contributed by atoms with Crippen molar-refractivity contribution in [1.82, 2.24) is 19.9 Å². The number of nitrogens with zero attached hydrogens (tertiary/aromatic N) is 5. The molecule has 2 saturated heterocycles. The summed E-state index contributed by atoms with van der Waals surface area (Å²) in [6, 6.07) is 5.16. The molecule has 7 atom stereocenters. The number of amides is 2. The Labute approximate surface area is 270 Å². The van der Waals surface area contributed by atoms with Crippen LogP contribution in [-0.2, 0) is 19.1 Å². The summed E-state index contributed by atoms with van der Waals surface area (Å²) < 4.78 is 41.9. The summed E-state index contributed by atoms with van der Waals surface area (Å²) in [5, 5.41) is 39.8. The Morgan fingerprint density at radius 2 is 1.87 bits per heavy atom. The minimum atomic E-state index is -1.47. The number of carbonyl (C=O) groups is 2. The summed E-state index contributed by atoms with van der Waals surface area (Å²) in [5.74, 6) is -2.96. The Bertz CT molecular complexity index is 1550. The van der Waals surface area contributed by atoms with Gasteiger partial charge < -0.3 is 34.6 Å². The molecule has 3 heterocycles. The normalized spacial score (nSPS) is 26.7. The maximum atomic E-state index is 14.6. The highest BCUT2D eigenvalue weighted by Crippen LogP contribution is 2.36. The number of hydrogen-bond donors (Lipinski definition) is 3. The van der Waals surface area contributed by atoms with Crippen LogP contribution in [0.3, 0.4) is 0 Å². The number of rotatable bonds is 7. The van der Waals surface area contributed by atoms with Gasteiger partial charge in [0, 0.05) is 42.8 Å². The molecule has 2 amide bonds. The molecule has 16 heteroatoms. The molecule has 12 nitrogen and oxygen atoms in total. The van der Waals surface area contributed by atoms with E-state index in [0.717, 1.165) is 17.7 Å². The fourth-order valence-corrected chi connectivity index (χ4v) is 6.58. The number of halogens is 4. The molecule has 0 bridgehead atoms. The van der Waals surface area contributed by atoms with Crippen LogP contribution in [0.4, 0.5) is 14.5 Å². The lowest BCUT2D eigenvalue weighted by molar-refractivity contribution is -0.211. The maximum absolute atomic E-state index is 14.6. The third-order valence-electron chi connectivity index (χ3n) is 8.06. The minimum absolute atomic E-state index is 0.00419. The number of aliphatic hydroxyl groups is 3. The minimum Gasteiger partial charge on any atom is -0.394 e. The predicted octanol–water partition coefficient (Wildman–Crippen LogP) is 2.25. The predicted molar refractivity (Wildman–Crippen MR) is 160 cm³/mol. The number of likely N-dealkylation sites (tertiary alicyclic amines) is 1. The van der Waals surface area contributed by atoms with E-state index in [1.165, 1.54) is 34.7 Å². The van der Waals surface area contributed by atoms with Crippen LogP contribution >= 0.6 is 27.5 Å². The number of aliphatic hydroxyl groups excluding tert-OH is 3. The van der Waals surface area contributed by atoms with Crippen LogP contribution < -0.4 is 4.90 Å². The van der Waals surface area contributed by atoms with Crippen molar-refractivity contribution in [3.63, 3.8) is 0 Å². The van der Waals surface area contributed by atoms with Crippen molar-refractivity contribution in [1.29, 1.82) is 0 Å². The number of carbonyl (C=O) groups excluding carboxylic acids is 2. The number of anilines is 1. The summed E-state index contributed by atoms with van der Waals surface area (Å²) >= 11 is 9.07. The highest BCUT2D eigenvalue weighted by atomic mass is 79.9. The number of aryl methyl sites for hydroxylation is 1. The number of β-amino-alcohol motifs (C(OH)–C–C–N with tert-alkyl or cyclic N) is 1. The number of aromatic nitrogens is 3. The van der Waals surface area contributed by atoms with Crippen LogP contribution in [0.5, 0.6) is 0 Å². The Kier molecular flexibility index (Phi) is 9.89. The van der Waals surface area contributed by atoms with Gasteiger partial charge in [-0.15, -0.1) is 5.10 Å². The van der Waals surface area contributed by atoms with Gasteiger partial charge in [0.2, 0.25) is 5.91 Å². The molecule has 5 unspecified atom stereocenters. The molecule has 0 aliphatic carbocycles. The van der Waals surface area contributed by atoms with Gasteiger partial charge in [0.15, 0.2) is 6.10 Å². The molecule has 45 heavy (non-hydrogen) atoms. The molecule has 2 aliphatic rings. The molecule has 2 fully saturated rings. The number of benzene rings is 2. The van der Waals surface area contributed by atoms with Gasteiger partial charge in [-0.1, -0.05) is 32.7 Å². The van der Waals surface area contributed by atoms with Crippen molar-refractivity contribution in [3.05, 3.63) is 63.2 Å². The topological polar surface area (TPSA) is 150 Å². The second-order valence-corrected chi connectivity index (χ2v) is 12.3. The summed E-state index contributed by atoms with van der Waals surface area (Å²) in [5.41, 5.74) is 1.25. The van der Waals surface area contributed by atoms with Crippen LogP contribution in [0, 0.1) is 18.6 Å². The number of ether oxygens (including phenoxy) is 2. The van der Waals surface area contributed by atoms with Crippen molar-refractivity contribution < 1.29 is 43.2 Å². The summed E-state index contributed by atoms with van der Waals surface area (Å²) in [4.78, 5) is 29.5. The quantitative estimate of drug-likeness (QED) is 0.313. The Hall–Kier alpha value is -3.05. The van der Waals surface area contributed by atoms with Gasteiger partial charge in [-0.05, 0) is 42.8 Å². The largest absolute Gasteiger partial charge is 0.394 e. The third kappa shape index (κ3) is 6.48. The van der Waals surface area contributed by atoms with E-state index < -0.39 is 71.8 Å². The molecular weight excluding hydrogens is 684 g/mol. The Morgan fingerprint density at radius 1 is 1.18 bits per heavy atom. The van der Waals surface area contributed by atoms with Gasteiger partial charge in [0.05, 0.1) is 24.9 Å². The smallest absolute Gasteiger partial charge is 0.259 e. The van der Waals surface area contributed by atoms with Gasteiger partial charge in [0.1, 0.15) is 46.7 Å². The van der Waals surface area contributed by atoms with Gasteiger partial charge >= 0.3 is 0 Å². The second kappa shape index (κ2) is 13.4. The van der Waals surface area contributed by atoms with E-state index in [0.29, 0.717) is 10.2 Å². The summed E-state index contributed by atoms with van der Waals surface area (Å²) in [6.45, 7) is 2.55. The van der Waals surface area contributed by atoms with E-state index in [2.05, 4.69) is 26.2 Å². The molecule has 0 saturated carbocycles. The van der Waals surface area contributed by atoms with Crippen LogP contribution in [0.15, 0.2) is 41.0 Å². The molecule has 5 rings (SSSR count). The molecule has 3 N–H and O–H groups in total. The van der Waals surface area contributed by atoms with E-state index in [-0.39, 0.29) is 30.3 Å². The van der Waals surface area contributed by atoms with E-state index in [1.807, 2.05) is 13.0 Å². The molecule has 2 aliphatic heterocycles. The molecule has 3 aromatic rings. The molecule has 0 radical (unpaired) electrons. The van der Waals surface area contributed by atoms with Crippen molar-refractivity contribution >= 4 is 45.0 Å². The lowest BCUT2D eigenvalue weighted by Crippen LogP contribution is -2.63. The first-order chi connectivity index (χ1) is 21.3. The lowest BCUT2D eigenvalue weighted by atomic mass is 9.91. The van der Waals surface area contributed by atoms with E-state index in [1.54, 1.807) is 12.1 Å². The van der Waals surface area contributed by atoms with Crippen LogP contribution in [-0.4, -0.2) is 110 Å². The monoisotopic (exact) mass is 713 g/mol. The first kappa shape index (κ1) is 33.3.